The molecule has 0 aliphatic heterocycles. The Balaban J connectivity index is 3.07. The second-order valence-corrected chi connectivity index (χ2v) is 2.95. The molecule has 2 amide bonds. The molecule has 16 heavy (non-hydrogen) atoms. The van der Waals surface area contributed by atoms with Gasteiger partial charge in [0.2, 0.25) is 0 Å². The van der Waals surface area contributed by atoms with Crippen LogP contribution in [-0.4, -0.2) is 16.7 Å². The zero-order valence-corrected chi connectivity index (χ0v) is 8.51. The summed E-state index contributed by atoms with van der Waals surface area (Å²) in [5.41, 5.74) is 7.41. The van der Waals surface area contributed by atoms with Crippen LogP contribution in [-0.2, 0) is 0 Å². The highest BCUT2D eigenvalue weighted by molar-refractivity contribution is 6.02. The van der Waals surface area contributed by atoms with Crippen LogP contribution in [0.5, 0.6) is 0 Å². The van der Waals surface area contributed by atoms with E-state index in [1.54, 1.807) is 18.2 Å². The normalized spacial score (nSPS) is 10.9. The third-order valence-corrected chi connectivity index (χ3v) is 1.82. The van der Waals surface area contributed by atoms with Gasteiger partial charge in [-0.15, -0.1) is 0 Å². The van der Waals surface area contributed by atoms with Gasteiger partial charge >= 0.3 is 6.03 Å². The Labute approximate surface area is 91.1 Å². The van der Waals surface area contributed by atoms with Crippen molar-refractivity contribution in [2.24, 2.45) is 10.8 Å². The number of rotatable bonds is 3. The first-order chi connectivity index (χ1) is 7.52. The first-order valence-electron chi connectivity index (χ1n) is 4.36. The number of nitrogens with one attached hydrogen (secondary N) is 1. The standard InChI is InChI=1S/C9H10N4O3/c1-6(11-12-9(10)14)7-4-2-3-5-8(7)13(15)16/h2-5H,1H3,(H3,10,12,14)/b11-6-. The van der Waals surface area contributed by atoms with E-state index in [1.165, 1.54) is 13.0 Å². The van der Waals surface area contributed by atoms with Crippen molar-refractivity contribution in [2.45, 2.75) is 6.92 Å². The van der Waals surface area contributed by atoms with Gasteiger partial charge in [-0.05, 0) is 13.0 Å². The maximum absolute atomic E-state index is 10.7. The molecule has 0 aromatic heterocycles. The third-order valence-electron chi connectivity index (χ3n) is 1.82. The molecule has 0 aliphatic carbocycles. The van der Waals surface area contributed by atoms with Crippen LogP contribution in [0.3, 0.4) is 0 Å². The Hall–Kier alpha value is -2.44. The van der Waals surface area contributed by atoms with E-state index in [9.17, 15) is 14.9 Å². The highest BCUT2D eigenvalue weighted by Crippen LogP contribution is 2.18. The number of para-hydroxylation sites is 1. The zero-order valence-electron chi connectivity index (χ0n) is 8.51. The number of nitro groups is 1. The quantitative estimate of drug-likeness (QED) is 0.451. The SMILES string of the molecule is C/C(=N/NC(N)=O)c1ccccc1[N+](=O)[O-]. The third kappa shape index (κ3) is 2.77. The molecule has 1 aromatic rings. The van der Waals surface area contributed by atoms with Crippen molar-refractivity contribution >= 4 is 17.4 Å². The second kappa shape index (κ2) is 4.87. The molecule has 84 valence electrons. The van der Waals surface area contributed by atoms with E-state index < -0.39 is 11.0 Å². The Morgan fingerprint density at radius 2 is 2.12 bits per heavy atom. The molecule has 0 aliphatic rings. The van der Waals surface area contributed by atoms with Crippen molar-refractivity contribution in [3.8, 4) is 0 Å². The van der Waals surface area contributed by atoms with Crippen LogP contribution >= 0.6 is 0 Å². The largest absolute Gasteiger partial charge is 0.350 e. The predicted molar refractivity (Wildman–Crippen MR) is 58.0 cm³/mol. The number of carbonyl (C=O) groups is 1. The van der Waals surface area contributed by atoms with Gasteiger partial charge in [-0.2, -0.15) is 5.10 Å². The molecule has 7 heteroatoms. The first-order valence-corrected chi connectivity index (χ1v) is 4.36. The predicted octanol–water partition coefficient (Wildman–Crippen LogP) is 0.987. The monoisotopic (exact) mass is 222 g/mol. The number of urea groups is 1. The van der Waals surface area contributed by atoms with Gasteiger partial charge in [0.15, 0.2) is 0 Å². The minimum absolute atomic E-state index is 0.0741. The number of primary amides is 1. The minimum Gasteiger partial charge on any atom is -0.350 e. The molecule has 0 fully saturated rings. The number of benzene rings is 1. The first kappa shape index (κ1) is 11.6. The summed E-state index contributed by atoms with van der Waals surface area (Å²) in [6, 6.07) is 5.28. The Kier molecular flexibility index (Phi) is 3.54. The molecule has 1 aromatic carbocycles. The van der Waals surface area contributed by atoms with Crippen LogP contribution in [0.4, 0.5) is 10.5 Å². The highest BCUT2D eigenvalue weighted by Gasteiger charge is 2.14. The molecule has 0 saturated carbocycles. The van der Waals surface area contributed by atoms with E-state index >= 15 is 0 Å². The van der Waals surface area contributed by atoms with Gasteiger partial charge < -0.3 is 5.73 Å². The number of nitrogens with zero attached hydrogens (tertiary/aromatic N) is 2. The molecular weight excluding hydrogens is 212 g/mol. The summed E-state index contributed by atoms with van der Waals surface area (Å²) in [5, 5.41) is 14.3. The van der Waals surface area contributed by atoms with E-state index in [2.05, 4.69) is 5.10 Å². The smallest absolute Gasteiger partial charge is 0.332 e. The van der Waals surface area contributed by atoms with Crippen LogP contribution in [0, 0.1) is 10.1 Å². The molecule has 0 saturated heterocycles. The van der Waals surface area contributed by atoms with Crippen molar-refractivity contribution in [3.63, 3.8) is 0 Å². The van der Waals surface area contributed by atoms with Gasteiger partial charge in [0.1, 0.15) is 0 Å². The van der Waals surface area contributed by atoms with Crippen molar-refractivity contribution in [3.05, 3.63) is 39.9 Å². The lowest BCUT2D eigenvalue weighted by atomic mass is 10.1. The summed E-state index contributed by atoms with van der Waals surface area (Å²) in [6.45, 7) is 1.54. The topological polar surface area (TPSA) is 111 Å². The highest BCUT2D eigenvalue weighted by atomic mass is 16.6. The van der Waals surface area contributed by atoms with E-state index in [0.717, 1.165) is 0 Å². The van der Waals surface area contributed by atoms with Gasteiger partial charge in [0.25, 0.3) is 5.69 Å². The molecular formula is C9H10N4O3. The van der Waals surface area contributed by atoms with Crippen molar-refractivity contribution in [2.75, 3.05) is 0 Å². The number of hydrazone groups is 1. The van der Waals surface area contributed by atoms with Crippen molar-refractivity contribution in [1.82, 2.24) is 5.43 Å². The average molecular weight is 222 g/mol. The van der Waals surface area contributed by atoms with E-state index in [0.29, 0.717) is 11.3 Å². The lowest BCUT2D eigenvalue weighted by Crippen LogP contribution is -2.25. The molecule has 3 N–H and O–H groups in total. The van der Waals surface area contributed by atoms with Crippen LogP contribution in [0.15, 0.2) is 29.4 Å². The molecule has 0 radical (unpaired) electrons. The Bertz CT molecular complexity index is 456. The lowest BCUT2D eigenvalue weighted by molar-refractivity contribution is -0.385. The fourth-order valence-corrected chi connectivity index (χ4v) is 1.14. The van der Waals surface area contributed by atoms with Crippen LogP contribution in [0.1, 0.15) is 12.5 Å². The van der Waals surface area contributed by atoms with Gasteiger partial charge in [0, 0.05) is 6.07 Å². The van der Waals surface area contributed by atoms with Crippen molar-refractivity contribution < 1.29 is 9.72 Å². The van der Waals surface area contributed by atoms with E-state index in [-0.39, 0.29) is 5.69 Å². The zero-order chi connectivity index (χ0) is 12.1. The number of hydrogen-bond donors (Lipinski definition) is 2. The van der Waals surface area contributed by atoms with E-state index in [1.807, 2.05) is 5.43 Å². The minimum atomic E-state index is -0.821. The molecule has 1 rings (SSSR count). The summed E-state index contributed by atoms with van der Waals surface area (Å²) in [7, 11) is 0. The van der Waals surface area contributed by atoms with Crippen LogP contribution < -0.4 is 11.2 Å². The summed E-state index contributed by atoms with van der Waals surface area (Å²) in [6.07, 6.45) is 0. The lowest BCUT2D eigenvalue weighted by Gasteiger charge is -2.01. The Morgan fingerprint density at radius 3 is 2.69 bits per heavy atom. The van der Waals surface area contributed by atoms with Crippen molar-refractivity contribution in [1.29, 1.82) is 0 Å². The van der Waals surface area contributed by atoms with E-state index in [4.69, 9.17) is 5.73 Å². The molecule has 7 nitrogen and oxygen atoms in total. The summed E-state index contributed by atoms with van der Waals surface area (Å²) >= 11 is 0. The molecule has 0 unspecified atom stereocenters. The number of nitrogens with two attached hydrogens (primary N) is 1. The van der Waals surface area contributed by atoms with Gasteiger partial charge in [-0.3, -0.25) is 10.1 Å². The van der Waals surface area contributed by atoms with Gasteiger partial charge in [0.05, 0.1) is 16.2 Å². The fraction of sp³-hybridized carbons (Fsp3) is 0.111. The molecule has 0 atom stereocenters. The average Bonchev–Trinajstić information content (AvgIpc) is 2.25. The molecule has 0 spiro atoms. The second-order valence-electron chi connectivity index (χ2n) is 2.95. The van der Waals surface area contributed by atoms with Gasteiger partial charge in [-0.25, -0.2) is 10.2 Å². The number of nitro benzene ring substituents is 1. The Morgan fingerprint density at radius 1 is 1.50 bits per heavy atom. The summed E-state index contributed by atoms with van der Waals surface area (Å²) in [5.74, 6) is 0. The van der Waals surface area contributed by atoms with Gasteiger partial charge in [-0.1, -0.05) is 12.1 Å². The molecule has 0 heterocycles. The number of amides is 2. The number of hydrogen-bond acceptors (Lipinski definition) is 4. The summed E-state index contributed by atoms with van der Waals surface area (Å²) < 4.78 is 0. The fourth-order valence-electron chi connectivity index (χ4n) is 1.14. The molecule has 0 bridgehead atoms. The summed E-state index contributed by atoms with van der Waals surface area (Å²) in [4.78, 5) is 20.6. The maximum atomic E-state index is 10.7. The number of carbonyl (C=O) groups excluding carboxylic acids is 1. The maximum Gasteiger partial charge on any atom is 0.332 e. The van der Waals surface area contributed by atoms with Crippen LogP contribution in [0.2, 0.25) is 0 Å². The van der Waals surface area contributed by atoms with Crippen LogP contribution in [0.25, 0.3) is 0 Å².